The molecule has 29 heavy (non-hydrogen) atoms. The number of hydrogen-bond acceptors (Lipinski definition) is 6. The van der Waals surface area contributed by atoms with E-state index in [0.29, 0.717) is 29.6 Å². The normalized spacial score (nSPS) is 28.3. The van der Waals surface area contributed by atoms with Crippen molar-refractivity contribution in [3.05, 3.63) is 34.9 Å². The van der Waals surface area contributed by atoms with Crippen molar-refractivity contribution in [1.82, 2.24) is 20.4 Å². The zero-order valence-electron chi connectivity index (χ0n) is 16.7. The lowest BCUT2D eigenvalue weighted by molar-refractivity contribution is -0.136. The van der Waals surface area contributed by atoms with E-state index >= 15 is 0 Å². The number of amides is 4. The minimum atomic E-state index is -0.929. The van der Waals surface area contributed by atoms with Crippen molar-refractivity contribution in [2.45, 2.75) is 45.3 Å². The molecule has 3 heterocycles. The molecule has 154 valence electrons. The van der Waals surface area contributed by atoms with Crippen LogP contribution in [0.1, 0.15) is 53.0 Å². The van der Waals surface area contributed by atoms with Crippen LogP contribution in [0.15, 0.2) is 18.2 Å². The van der Waals surface area contributed by atoms with Gasteiger partial charge in [0.05, 0.1) is 11.1 Å². The zero-order valence-corrected chi connectivity index (χ0v) is 16.7. The highest BCUT2D eigenvalue weighted by atomic mass is 16.2. The van der Waals surface area contributed by atoms with Gasteiger partial charge >= 0.3 is 0 Å². The van der Waals surface area contributed by atoms with E-state index in [2.05, 4.69) is 29.4 Å². The Morgan fingerprint density at radius 3 is 2.55 bits per heavy atom. The molecule has 2 N–H and O–H groups in total. The number of rotatable bonds is 3. The summed E-state index contributed by atoms with van der Waals surface area (Å²) in [5, 5.41) is 5.72. The van der Waals surface area contributed by atoms with Crippen molar-refractivity contribution in [2.75, 3.05) is 19.6 Å². The van der Waals surface area contributed by atoms with E-state index in [1.54, 1.807) is 12.1 Å². The lowest BCUT2D eigenvalue weighted by Crippen LogP contribution is -2.54. The van der Waals surface area contributed by atoms with Crippen LogP contribution in [0.5, 0.6) is 0 Å². The predicted octanol–water partition coefficient (Wildman–Crippen LogP) is 0.518. The number of imide groups is 2. The molecule has 0 radical (unpaired) electrons. The summed E-state index contributed by atoms with van der Waals surface area (Å²) in [5.74, 6) is -1.36. The third-order valence-electron chi connectivity index (χ3n) is 5.83. The Hall–Kier alpha value is -2.58. The fraction of sp³-hybridized carbons (Fsp3) is 0.524. The highest BCUT2D eigenvalue weighted by molar-refractivity contribution is 6.23. The molecule has 1 aromatic rings. The molecule has 0 bridgehead atoms. The SMILES string of the molecule is CC1CNC(C)CN(Cc2ccc3c(c2)C(=O)N(C2CCC(=O)NC2=O)C3=O)C1. The summed E-state index contributed by atoms with van der Waals surface area (Å²) >= 11 is 0. The second-order valence-corrected chi connectivity index (χ2v) is 8.44. The van der Waals surface area contributed by atoms with Gasteiger partial charge in [0.1, 0.15) is 6.04 Å². The number of piperidine rings is 1. The minimum Gasteiger partial charge on any atom is -0.313 e. The summed E-state index contributed by atoms with van der Waals surface area (Å²) in [4.78, 5) is 52.7. The van der Waals surface area contributed by atoms with Crippen LogP contribution in [-0.4, -0.2) is 65.1 Å². The van der Waals surface area contributed by atoms with Gasteiger partial charge in [0.2, 0.25) is 11.8 Å². The van der Waals surface area contributed by atoms with Gasteiger partial charge in [-0.2, -0.15) is 0 Å². The first-order chi connectivity index (χ1) is 13.8. The highest BCUT2D eigenvalue weighted by Crippen LogP contribution is 2.28. The van der Waals surface area contributed by atoms with Gasteiger partial charge in [0.15, 0.2) is 0 Å². The first kappa shape index (κ1) is 19.7. The zero-order chi connectivity index (χ0) is 20.7. The number of carbonyl (C=O) groups excluding carboxylic acids is 4. The molecule has 0 saturated carbocycles. The van der Waals surface area contributed by atoms with Crippen molar-refractivity contribution in [3.8, 4) is 0 Å². The lowest BCUT2D eigenvalue weighted by Gasteiger charge is -2.27. The first-order valence-corrected chi connectivity index (χ1v) is 10.1. The number of nitrogens with zero attached hydrogens (tertiary/aromatic N) is 2. The van der Waals surface area contributed by atoms with Crippen LogP contribution in [0.25, 0.3) is 0 Å². The molecule has 3 atom stereocenters. The Labute approximate surface area is 169 Å². The van der Waals surface area contributed by atoms with E-state index in [9.17, 15) is 19.2 Å². The number of benzene rings is 1. The van der Waals surface area contributed by atoms with Gasteiger partial charge < -0.3 is 5.32 Å². The molecule has 3 aliphatic heterocycles. The van der Waals surface area contributed by atoms with E-state index in [0.717, 1.165) is 30.1 Å². The Bertz CT molecular complexity index is 871. The third kappa shape index (κ3) is 3.82. The highest BCUT2D eigenvalue weighted by Gasteiger charge is 2.44. The molecule has 2 fully saturated rings. The molecule has 8 nitrogen and oxygen atoms in total. The van der Waals surface area contributed by atoms with E-state index in [-0.39, 0.29) is 18.7 Å². The largest absolute Gasteiger partial charge is 0.313 e. The van der Waals surface area contributed by atoms with E-state index < -0.39 is 23.8 Å². The summed E-state index contributed by atoms with van der Waals surface area (Å²) in [5.41, 5.74) is 1.63. The molecular weight excluding hydrogens is 372 g/mol. The van der Waals surface area contributed by atoms with Crippen molar-refractivity contribution in [1.29, 1.82) is 0 Å². The first-order valence-electron chi connectivity index (χ1n) is 10.1. The Balaban J connectivity index is 1.54. The third-order valence-corrected chi connectivity index (χ3v) is 5.83. The van der Waals surface area contributed by atoms with Gasteiger partial charge in [0, 0.05) is 32.1 Å². The standard InChI is InChI=1S/C21H26N4O4/c1-12-8-22-13(2)10-24(9-12)11-14-3-4-15-16(7-14)21(29)25(20(15)28)17-5-6-18(26)23-19(17)27/h3-4,7,12-13,17,22H,5-6,8-11H2,1-2H3,(H,23,26,27). The molecule has 1 aromatic carbocycles. The van der Waals surface area contributed by atoms with Gasteiger partial charge in [-0.05, 0) is 43.5 Å². The van der Waals surface area contributed by atoms with Gasteiger partial charge in [-0.3, -0.25) is 34.3 Å². The second-order valence-electron chi connectivity index (χ2n) is 8.44. The van der Waals surface area contributed by atoms with Crippen molar-refractivity contribution >= 4 is 23.6 Å². The quantitative estimate of drug-likeness (QED) is 0.721. The van der Waals surface area contributed by atoms with Crippen LogP contribution in [0.3, 0.4) is 0 Å². The lowest BCUT2D eigenvalue weighted by atomic mass is 10.0. The van der Waals surface area contributed by atoms with Crippen LogP contribution in [0.4, 0.5) is 0 Å². The minimum absolute atomic E-state index is 0.119. The van der Waals surface area contributed by atoms with Crippen molar-refractivity contribution < 1.29 is 19.2 Å². The molecule has 0 aliphatic carbocycles. The monoisotopic (exact) mass is 398 g/mol. The molecule has 4 amide bonds. The molecule has 3 aliphatic rings. The van der Waals surface area contributed by atoms with E-state index in [1.165, 1.54) is 0 Å². The number of fused-ring (bicyclic) bond motifs is 1. The maximum Gasteiger partial charge on any atom is 0.262 e. The van der Waals surface area contributed by atoms with E-state index in [4.69, 9.17) is 0 Å². The average Bonchev–Trinajstić information content (AvgIpc) is 2.79. The predicted molar refractivity (Wildman–Crippen MR) is 105 cm³/mol. The molecule has 0 spiro atoms. The molecule has 4 rings (SSSR count). The summed E-state index contributed by atoms with van der Waals surface area (Å²) in [7, 11) is 0. The number of hydrogen-bond donors (Lipinski definition) is 2. The molecular formula is C21H26N4O4. The Morgan fingerprint density at radius 2 is 1.79 bits per heavy atom. The second kappa shape index (κ2) is 7.68. The molecule has 0 aromatic heterocycles. The number of nitrogens with one attached hydrogen (secondary N) is 2. The van der Waals surface area contributed by atoms with Crippen LogP contribution in [0.2, 0.25) is 0 Å². The summed E-state index contributed by atoms with van der Waals surface area (Å²) < 4.78 is 0. The van der Waals surface area contributed by atoms with Crippen LogP contribution in [0, 0.1) is 5.92 Å². The topological polar surface area (TPSA) is 98.8 Å². The Kier molecular flexibility index (Phi) is 5.23. The van der Waals surface area contributed by atoms with E-state index in [1.807, 2.05) is 6.07 Å². The maximum absolute atomic E-state index is 13.0. The van der Waals surface area contributed by atoms with Gasteiger partial charge in [-0.15, -0.1) is 0 Å². The smallest absolute Gasteiger partial charge is 0.262 e. The fourth-order valence-corrected chi connectivity index (χ4v) is 4.44. The Morgan fingerprint density at radius 1 is 1.03 bits per heavy atom. The summed E-state index contributed by atoms with van der Waals surface area (Å²) in [6.07, 6.45) is 0.286. The summed E-state index contributed by atoms with van der Waals surface area (Å²) in [6.45, 7) is 7.92. The summed E-state index contributed by atoms with van der Waals surface area (Å²) in [6, 6.07) is 4.79. The molecule has 3 unspecified atom stereocenters. The van der Waals surface area contributed by atoms with Gasteiger partial charge in [-0.1, -0.05) is 13.0 Å². The van der Waals surface area contributed by atoms with Crippen molar-refractivity contribution in [2.24, 2.45) is 5.92 Å². The van der Waals surface area contributed by atoms with Gasteiger partial charge in [0.25, 0.3) is 11.8 Å². The van der Waals surface area contributed by atoms with Gasteiger partial charge in [-0.25, -0.2) is 0 Å². The van der Waals surface area contributed by atoms with Crippen LogP contribution < -0.4 is 10.6 Å². The molecule has 8 heteroatoms. The molecule has 2 saturated heterocycles. The maximum atomic E-state index is 13.0. The average molecular weight is 398 g/mol. The van der Waals surface area contributed by atoms with Crippen LogP contribution in [-0.2, 0) is 16.1 Å². The fourth-order valence-electron chi connectivity index (χ4n) is 4.44. The van der Waals surface area contributed by atoms with Crippen molar-refractivity contribution in [3.63, 3.8) is 0 Å². The number of carbonyl (C=O) groups is 4. The van der Waals surface area contributed by atoms with Crippen LogP contribution >= 0.6 is 0 Å².